The first kappa shape index (κ1) is 18.5. The summed E-state index contributed by atoms with van der Waals surface area (Å²) in [6.07, 6.45) is 1.69. The predicted molar refractivity (Wildman–Crippen MR) is 113 cm³/mol. The molecule has 0 spiro atoms. The fraction of sp³-hybridized carbons (Fsp3) is 0.0455. The molecule has 140 valence electrons. The summed E-state index contributed by atoms with van der Waals surface area (Å²) in [5, 5.41) is 15.6. The molecule has 1 aromatic heterocycles. The first-order valence-electron chi connectivity index (χ1n) is 8.60. The standard InChI is InChI=1S/C22H17ClN2O2S/c1-27-21-14-20(26)16(13-22(21)28-15-7-3-2-4-8-15)18-11-12-24-25(18)19-10-6-5-9-17(19)23/h2-14,26H,1H3. The number of benzene rings is 3. The Labute approximate surface area is 172 Å². The molecule has 0 saturated heterocycles. The number of halogens is 1. The van der Waals surface area contributed by atoms with Gasteiger partial charge in [-0.2, -0.15) is 5.10 Å². The Morgan fingerprint density at radius 2 is 1.75 bits per heavy atom. The maximum Gasteiger partial charge on any atom is 0.136 e. The van der Waals surface area contributed by atoms with Crippen LogP contribution >= 0.6 is 23.4 Å². The molecule has 0 aliphatic carbocycles. The van der Waals surface area contributed by atoms with E-state index in [0.29, 0.717) is 16.3 Å². The SMILES string of the molecule is COc1cc(O)c(-c2ccnn2-c2ccccc2Cl)cc1Sc1ccccc1. The van der Waals surface area contributed by atoms with Crippen molar-refractivity contribution in [2.45, 2.75) is 9.79 Å². The highest BCUT2D eigenvalue weighted by Gasteiger charge is 2.17. The van der Waals surface area contributed by atoms with Crippen molar-refractivity contribution >= 4 is 23.4 Å². The van der Waals surface area contributed by atoms with Gasteiger partial charge in [0.15, 0.2) is 0 Å². The maximum atomic E-state index is 10.7. The average Bonchev–Trinajstić information content (AvgIpc) is 3.19. The van der Waals surface area contributed by atoms with Crippen molar-refractivity contribution in [2.75, 3.05) is 7.11 Å². The minimum absolute atomic E-state index is 0.114. The molecular formula is C22H17ClN2O2S. The number of para-hydroxylation sites is 1. The summed E-state index contributed by atoms with van der Waals surface area (Å²) in [6, 6.07) is 22.9. The normalized spacial score (nSPS) is 10.8. The van der Waals surface area contributed by atoms with Gasteiger partial charge in [0.1, 0.15) is 11.5 Å². The summed E-state index contributed by atoms with van der Waals surface area (Å²) < 4.78 is 7.20. The lowest BCUT2D eigenvalue weighted by atomic mass is 10.1. The van der Waals surface area contributed by atoms with Crippen molar-refractivity contribution in [1.82, 2.24) is 9.78 Å². The van der Waals surface area contributed by atoms with Crippen LogP contribution in [0.4, 0.5) is 0 Å². The van der Waals surface area contributed by atoms with Crippen LogP contribution in [0.5, 0.6) is 11.5 Å². The second-order valence-electron chi connectivity index (χ2n) is 6.01. The van der Waals surface area contributed by atoms with Crippen molar-refractivity contribution in [2.24, 2.45) is 0 Å². The molecule has 4 rings (SSSR count). The summed E-state index contributed by atoms with van der Waals surface area (Å²) in [5.41, 5.74) is 2.14. The molecule has 4 nitrogen and oxygen atoms in total. The van der Waals surface area contributed by atoms with E-state index in [1.165, 1.54) is 0 Å². The monoisotopic (exact) mass is 408 g/mol. The number of methoxy groups -OCH3 is 1. The summed E-state index contributed by atoms with van der Waals surface area (Å²) in [4.78, 5) is 1.98. The fourth-order valence-corrected chi connectivity index (χ4v) is 4.11. The van der Waals surface area contributed by atoms with E-state index in [-0.39, 0.29) is 5.75 Å². The van der Waals surface area contributed by atoms with Crippen LogP contribution in [0.1, 0.15) is 0 Å². The predicted octanol–water partition coefficient (Wildman–Crippen LogP) is 6.06. The lowest BCUT2D eigenvalue weighted by molar-refractivity contribution is 0.398. The topological polar surface area (TPSA) is 47.3 Å². The highest BCUT2D eigenvalue weighted by Crippen LogP contribution is 2.42. The van der Waals surface area contributed by atoms with Gasteiger partial charge in [0.05, 0.1) is 34.6 Å². The summed E-state index contributed by atoms with van der Waals surface area (Å²) >= 11 is 7.93. The van der Waals surface area contributed by atoms with Gasteiger partial charge in [-0.3, -0.25) is 0 Å². The van der Waals surface area contributed by atoms with Crippen molar-refractivity contribution in [3.63, 3.8) is 0 Å². The number of hydrogen-bond acceptors (Lipinski definition) is 4. The zero-order valence-electron chi connectivity index (χ0n) is 15.0. The quantitative estimate of drug-likeness (QED) is 0.436. The van der Waals surface area contributed by atoms with Crippen LogP contribution in [0.3, 0.4) is 0 Å². The second-order valence-corrected chi connectivity index (χ2v) is 7.54. The van der Waals surface area contributed by atoms with Gasteiger partial charge in [-0.1, -0.05) is 53.7 Å². The van der Waals surface area contributed by atoms with Gasteiger partial charge < -0.3 is 9.84 Å². The molecule has 0 bridgehead atoms. The number of rotatable bonds is 5. The highest BCUT2D eigenvalue weighted by atomic mass is 35.5. The molecule has 0 atom stereocenters. The van der Waals surface area contributed by atoms with Crippen LogP contribution in [0, 0.1) is 0 Å². The van der Waals surface area contributed by atoms with E-state index < -0.39 is 0 Å². The number of hydrogen-bond donors (Lipinski definition) is 1. The highest BCUT2D eigenvalue weighted by molar-refractivity contribution is 7.99. The zero-order chi connectivity index (χ0) is 19.5. The Hall–Kier alpha value is -2.89. The number of phenols is 1. The summed E-state index contributed by atoms with van der Waals surface area (Å²) in [6.45, 7) is 0. The number of aromatic hydroxyl groups is 1. The zero-order valence-corrected chi connectivity index (χ0v) is 16.6. The molecule has 0 radical (unpaired) electrons. The molecule has 4 aromatic rings. The Bertz CT molecular complexity index is 1110. The van der Waals surface area contributed by atoms with Crippen molar-refractivity contribution in [3.8, 4) is 28.4 Å². The number of aromatic nitrogens is 2. The minimum atomic E-state index is 0.114. The van der Waals surface area contributed by atoms with Crippen LogP contribution in [0.25, 0.3) is 16.9 Å². The van der Waals surface area contributed by atoms with Crippen LogP contribution in [0.15, 0.2) is 88.8 Å². The van der Waals surface area contributed by atoms with Crippen LogP contribution in [0.2, 0.25) is 5.02 Å². The smallest absolute Gasteiger partial charge is 0.136 e. The van der Waals surface area contributed by atoms with E-state index in [2.05, 4.69) is 5.10 Å². The lowest BCUT2D eigenvalue weighted by Gasteiger charge is -2.14. The lowest BCUT2D eigenvalue weighted by Crippen LogP contribution is -2.00. The Balaban J connectivity index is 1.82. The van der Waals surface area contributed by atoms with Gasteiger partial charge in [0, 0.05) is 16.5 Å². The molecule has 0 saturated carbocycles. The van der Waals surface area contributed by atoms with Gasteiger partial charge in [0.2, 0.25) is 0 Å². The molecule has 3 aromatic carbocycles. The van der Waals surface area contributed by atoms with E-state index in [1.807, 2.05) is 66.7 Å². The summed E-state index contributed by atoms with van der Waals surface area (Å²) in [5.74, 6) is 0.724. The van der Waals surface area contributed by atoms with Crippen LogP contribution in [-0.4, -0.2) is 22.0 Å². The minimum Gasteiger partial charge on any atom is -0.507 e. The van der Waals surface area contributed by atoms with Crippen LogP contribution < -0.4 is 4.74 Å². The first-order chi connectivity index (χ1) is 13.7. The van der Waals surface area contributed by atoms with Crippen molar-refractivity contribution < 1.29 is 9.84 Å². The molecule has 0 aliphatic heterocycles. The molecule has 6 heteroatoms. The third-order valence-corrected chi connectivity index (χ3v) is 5.62. The van der Waals surface area contributed by atoms with Crippen molar-refractivity contribution in [1.29, 1.82) is 0 Å². The second kappa shape index (κ2) is 8.00. The maximum absolute atomic E-state index is 10.7. The van der Waals surface area contributed by atoms with Crippen LogP contribution in [-0.2, 0) is 0 Å². The largest absolute Gasteiger partial charge is 0.507 e. The average molecular weight is 409 g/mol. The van der Waals surface area contributed by atoms with Gasteiger partial charge >= 0.3 is 0 Å². The first-order valence-corrected chi connectivity index (χ1v) is 9.80. The molecule has 0 aliphatic rings. The molecule has 0 amide bonds. The van der Waals surface area contributed by atoms with E-state index in [4.69, 9.17) is 16.3 Å². The number of nitrogens with zero attached hydrogens (tertiary/aromatic N) is 2. The Morgan fingerprint density at radius 1 is 1.00 bits per heavy atom. The fourth-order valence-electron chi connectivity index (χ4n) is 2.93. The van der Waals surface area contributed by atoms with E-state index >= 15 is 0 Å². The summed E-state index contributed by atoms with van der Waals surface area (Å²) in [7, 11) is 1.59. The molecule has 1 heterocycles. The van der Waals surface area contributed by atoms with E-state index in [1.54, 1.807) is 35.8 Å². The molecule has 0 fully saturated rings. The third kappa shape index (κ3) is 3.59. The van der Waals surface area contributed by atoms with Gasteiger partial charge in [-0.15, -0.1) is 0 Å². The van der Waals surface area contributed by atoms with Gasteiger partial charge in [-0.25, -0.2) is 4.68 Å². The molecular weight excluding hydrogens is 392 g/mol. The number of phenolic OH excluding ortho intramolecular Hbond substituents is 1. The number of ether oxygens (including phenoxy) is 1. The van der Waals surface area contributed by atoms with Crippen molar-refractivity contribution in [3.05, 3.63) is 84.0 Å². The molecule has 1 N–H and O–H groups in total. The Kier molecular flexibility index (Phi) is 5.28. The molecule has 0 unspecified atom stereocenters. The molecule has 28 heavy (non-hydrogen) atoms. The van der Waals surface area contributed by atoms with E-state index in [9.17, 15) is 5.11 Å². The third-order valence-electron chi connectivity index (χ3n) is 4.25. The Morgan fingerprint density at radius 3 is 2.50 bits per heavy atom. The van der Waals surface area contributed by atoms with Gasteiger partial charge in [0.25, 0.3) is 0 Å². The van der Waals surface area contributed by atoms with Gasteiger partial charge in [-0.05, 0) is 36.4 Å². The van der Waals surface area contributed by atoms with E-state index in [0.717, 1.165) is 21.2 Å².